The number of halogens is 1. The first-order valence-electron chi connectivity index (χ1n) is 5.05. The van der Waals surface area contributed by atoms with Crippen molar-refractivity contribution >= 4 is 15.9 Å². The van der Waals surface area contributed by atoms with Gasteiger partial charge in [0.1, 0.15) is 0 Å². The van der Waals surface area contributed by atoms with Gasteiger partial charge in [0.2, 0.25) is 0 Å². The fourth-order valence-corrected chi connectivity index (χ4v) is 2.40. The van der Waals surface area contributed by atoms with Gasteiger partial charge >= 0.3 is 0 Å². The first-order chi connectivity index (χ1) is 5.75. The second-order valence-corrected chi connectivity index (χ2v) is 4.83. The Morgan fingerprint density at radius 1 is 1.50 bits per heavy atom. The molecule has 1 nitrogen and oxygen atoms in total. The lowest BCUT2D eigenvalue weighted by Crippen LogP contribution is -2.34. The van der Waals surface area contributed by atoms with Crippen LogP contribution in [0.4, 0.5) is 0 Å². The summed E-state index contributed by atoms with van der Waals surface area (Å²) in [6, 6.07) is 0.865. The predicted octanol–water partition coefficient (Wildman–Crippen LogP) is 2.89. The normalized spacial score (nSPS) is 25.5. The van der Waals surface area contributed by atoms with Crippen LogP contribution in [0.3, 0.4) is 0 Å². The van der Waals surface area contributed by atoms with Gasteiger partial charge in [-0.3, -0.25) is 0 Å². The molecule has 1 fully saturated rings. The molecule has 1 rings (SSSR count). The molecule has 12 heavy (non-hydrogen) atoms. The molecule has 1 aliphatic heterocycles. The number of hydrogen-bond acceptors (Lipinski definition) is 1. The van der Waals surface area contributed by atoms with Crippen molar-refractivity contribution in [1.29, 1.82) is 0 Å². The Morgan fingerprint density at radius 3 is 2.83 bits per heavy atom. The third kappa shape index (κ3) is 2.74. The smallest absolute Gasteiger partial charge is 0.0119 e. The number of alkyl halides is 1. The second kappa shape index (κ2) is 5.23. The minimum atomic E-state index is 0.836. The van der Waals surface area contributed by atoms with Gasteiger partial charge in [0.25, 0.3) is 0 Å². The summed E-state index contributed by atoms with van der Waals surface area (Å²) in [7, 11) is 0. The molecule has 0 saturated carbocycles. The molecule has 0 bridgehead atoms. The predicted molar refractivity (Wildman–Crippen MR) is 57.8 cm³/mol. The molecule has 0 radical (unpaired) electrons. The van der Waals surface area contributed by atoms with Crippen LogP contribution >= 0.6 is 15.9 Å². The fourth-order valence-electron chi connectivity index (χ4n) is 2.15. The van der Waals surface area contributed by atoms with E-state index in [9.17, 15) is 0 Å². The molecular formula is C10H20BrN. The lowest BCUT2D eigenvalue weighted by molar-refractivity contribution is 0.208. The minimum Gasteiger partial charge on any atom is -0.300 e. The zero-order chi connectivity index (χ0) is 8.97. The maximum Gasteiger partial charge on any atom is 0.0119 e. The average molecular weight is 234 g/mol. The Hall–Kier alpha value is 0.440. The third-order valence-electron chi connectivity index (χ3n) is 2.76. The summed E-state index contributed by atoms with van der Waals surface area (Å²) in [5, 5.41) is 1.15. The van der Waals surface area contributed by atoms with Crippen molar-refractivity contribution in [3.8, 4) is 0 Å². The molecular weight excluding hydrogens is 214 g/mol. The highest BCUT2D eigenvalue weighted by Gasteiger charge is 2.25. The van der Waals surface area contributed by atoms with Crippen LogP contribution in [0.15, 0.2) is 0 Å². The molecule has 0 amide bonds. The molecule has 1 heterocycles. The van der Waals surface area contributed by atoms with Crippen LogP contribution in [-0.2, 0) is 0 Å². The Morgan fingerprint density at radius 2 is 2.25 bits per heavy atom. The Balaban J connectivity index is 2.30. The van der Waals surface area contributed by atoms with E-state index in [4.69, 9.17) is 0 Å². The monoisotopic (exact) mass is 233 g/mol. The number of likely N-dealkylation sites (tertiary alicyclic amines) is 1. The van der Waals surface area contributed by atoms with Gasteiger partial charge in [-0.05, 0) is 38.3 Å². The van der Waals surface area contributed by atoms with Crippen LogP contribution < -0.4 is 0 Å². The largest absolute Gasteiger partial charge is 0.300 e. The SMILES string of the molecule is CC(C)C1CCCN1CCCBr. The van der Waals surface area contributed by atoms with E-state index in [1.807, 2.05) is 0 Å². The zero-order valence-corrected chi connectivity index (χ0v) is 9.81. The number of hydrogen-bond donors (Lipinski definition) is 0. The highest BCUT2D eigenvalue weighted by Crippen LogP contribution is 2.23. The molecule has 1 unspecified atom stereocenters. The number of rotatable bonds is 4. The standard InChI is InChI=1S/C10H20BrN/c1-9(2)10-5-3-7-12(10)8-4-6-11/h9-10H,3-8H2,1-2H3. The summed E-state index contributed by atoms with van der Waals surface area (Å²) in [6.45, 7) is 7.30. The van der Waals surface area contributed by atoms with Gasteiger partial charge in [-0.25, -0.2) is 0 Å². The molecule has 0 aromatic heterocycles. The molecule has 0 spiro atoms. The van der Waals surface area contributed by atoms with Gasteiger partial charge in [-0.15, -0.1) is 0 Å². The molecule has 0 aromatic carbocycles. The van der Waals surface area contributed by atoms with Crippen LogP contribution in [0.5, 0.6) is 0 Å². The zero-order valence-electron chi connectivity index (χ0n) is 8.22. The quantitative estimate of drug-likeness (QED) is 0.676. The molecule has 2 heteroatoms. The van der Waals surface area contributed by atoms with E-state index >= 15 is 0 Å². The fraction of sp³-hybridized carbons (Fsp3) is 1.00. The summed E-state index contributed by atoms with van der Waals surface area (Å²) in [5.74, 6) is 0.836. The molecule has 1 saturated heterocycles. The molecule has 0 N–H and O–H groups in total. The number of nitrogens with zero attached hydrogens (tertiary/aromatic N) is 1. The summed E-state index contributed by atoms with van der Waals surface area (Å²) >= 11 is 3.49. The Labute approximate surface area is 84.6 Å². The Kier molecular flexibility index (Phi) is 4.59. The van der Waals surface area contributed by atoms with E-state index in [-0.39, 0.29) is 0 Å². The summed E-state index contributed by atoms with van der Waals surface area (Å²) < 4.78 is 0. The van der Waals surface area contributed by atoms with Gasteiger partial charge in [0.15, 0.2) is 0 Å². The van der Waals surface area contributed by atoms with Gasteiger partial charge in [-0.1, -0.05) is 29.8 Å². The average Bonchev–Trinajstić information content (AvgIpc) is 2.48. The molecule has 0 aromatic rings. The Bertz CT molecular complexity index is 125. The van der Waals surface area contributed by atoms with E-state index in [0.29, 0.717) is 0 Å². The van der Waals surface area contributed by atoms with Crippen molar-refractivity contribution in [3.05, 3.63) is 0 Å². The van der Waals surface area contributed by atoms with Gasteiger partial charge in [0.05, 0.1) is 0 Å². The summed E-state index contributed by atoms with van der Waals surface area (Å²) in [4.78, 5) is 2.66. The van der Waals surface area contributed by atoms with E-state index in [1.54, 1.807) is 0 Å². The van der Waals surface area contributed by atoms with Crippen LogP contribution in [0.2, 0.25) is 0 Å². The van der Waals surface area contributed by atoms with Crippen molar-refractivity contribution in [2.24, 2.45) is 5.92 Å². The maximum absolute atomic E-state index is 3.49. The van der Waals surface area contributed by atoms with Crippen molar-refractivity contribution in [2.45, 2.75) is 39.2 Å². The molecule has 0 aliphatic carbocycles. The van der Waals surface area contributed by atoms with Crippen LogP contribution in [0, 0.1) is 5.92 Å². The first kappa shape index (κ1) is 10.5. The lowest BCUT2D eigenvalue weighted by Gasteiger charge is -2.27. The van der Waals surface area contributed by atoms with Crippen molar-refractivity contribution in [1.82, 2.24) is 4.90 Å². The van der Waals surface area contributed by atoms with E-state index < -0.39 is 0 Å². The van der Waals surface area contributed by atoms with E-state index in [1.165, 1.54) is 32.4 Å². The third-order valence-corrected chi connectivity index (χ3v) is 3.32. The second-order valence-electron chi connectivity index (χ2n) is 4.03. The van der Waals surface area contributed by atoms with Crippen molar-refractivity contribution in [3.63, 3.8) is 0 Å². The van der Waals surface area contributed by atoms with Crippen LogP contribution in [0.25, 0.3) is 0 Å². The summed E-state index contributed by atoms with van der Waals surface area (Å²) in [6.07, 6.45) is 4.12. The highest BCUT2D eigenvalue weighted by molar-refractivity contribution is 9.09. The van der Waals surface area contributed by atoms with Gasteiger partial charge < -0.3 is 4.90 Å². The first-order valence-corrected chi connectivity index (χ1v) is 6.18. The van der Waals surface area contributed by atoms with Crippen molar-refractivity contribution < 1.29 is 0 Å². The van der Waals surface area contributed by atoms with Crippen LogP contribution in [-0.4, -0.2) is 29.4 Å². The summed E-state index contributed by atoms with van der Waals surface area (Å²) in [5.41, 5.74) is 0. The van der Waals surface area contributed by atoms with Gasteiger partial charge in [-0.2, -0.15) is 0 Å². The highest BCUT2D eigenvalue weighted by atomic mass is 79.9. The molecule has 1 atom stereocenters. The lowest BCUT2D eigenvalue weighted by atomic mass is 10.0. The minimum absolute atomic E-state index is 0.836. The molecule has 1 aliphatic rings. The van der Waals surface area contributed by atoms with E-state index in [0.717, 1.165) is 17.3 Å². The topological polar surface area (TPSA) is 3.24 Å². The van der Waals surface area contributed by atoms with Gasteiger partial charge in [0, 0.05) is 11.4 Å². The van der Waals surface area contributed by atoms with E-state index in [2.05, 4.69) is 34.7 Å². The maximum atomic E-state index is 3.49. The van der Waals surface area contributed by atoms with Crippen LogP contribution in [0.1, 0.15) is 33.1 Å². The van der Waals surface area contributed by atoms with Crippen molar-refractivity contribution in [2.75, 3.05) is 18.4 Å². The molecule has 72 valence electrons.